The van der Waals surface area contributed by atoms with E-state index >= 15 is 0 Å². The highest BCUT2D eigenvalue weighted by atomic mass is 19.4. The molecule has 6 heteroatoms. The van der Waals surface area contributed by atoms with Crippen molar-refractivity contribution in [3.05, 3.63) is 23.0 Å². The van der Waals surface area contributed by atoms with Crippen molar-refractivity contribution in [1.82, 2.24) is 9.88 Å². The molecule has 18 heavy (non-hydrogen) atoms. The van der Waals surface area contributed by atoms with Crippen molar-refractivity contribution in [2.75, 3.05) is 0 Å². The van der Waals surface area contributed by atoms with Crippen molar-refractivity contribution < 1.29 is 18.0 Å². The summed E-state index contributed by atoms with van der Waals surface area (Å²) in [6, 6.07) is 1.14. The molecule has 1 aliphatic rings. The Morgan fingerprint density at radius 1 is 1.50 bits per heavy atom. The predicted octanol–water partition coefficient (Wildman–Crippen LogP) is 2.27. The number of halogens is 3. The number of carbonyl (C=O) groups excluding carboxylic acids is 1. The number of alkyl halides is 3. The quantitative estimate of drug-likeness (QED) is 0.825. The zero-order valence-corrected chi connectivity index (χ0v) is 10.3. The molecule has 1 unspecified atom stereocenters. The number of carbonyl (C=O) groups is 1. The van der Waals surface area contributed by atoms with Gasteiger partial charge in [-0.05, 0) is 25.8 Å². The van der Waals surface area contributed by atoms with Crippen molar-refractivity contribution in [2.24, 2.45) is 0 Å². The smallest absolute Gasteiger partial charge is 0.352 e. The molecule has 1 atom stereocenters. The molecule has 3 nitrogen and oxygen atoms in total. The molecule has 0 aromatic carbocycles. The van der Waals surface area contributed by atoms with E-state index in [0.29, 0.717) is 25.1 Å². The molecule has 1 aliphatic heterocycles. The molecule has 1 N–H and O–H groups in total. The minimum Gasteiger partial charge on any atom is -0.352 e. The average molecular weight is 260 g/mol. The Morgan fingerprint density at radius 2 is 2.17 bits per heavy atom. The summed E-state index contributed by atoms with van der Waals surface area (Å²) in [6.07, 6.45) is -3.07. The Kier molecular flexibility index (Phi) is 3.12. The lowest BCUT2D eigenvalue weighted by atomic mass is 10.1. The zero-order chi connectivity index (χ0) is 13.5. The van der Waals surface area contributed by atoms with Gasteiger partial charge in [0.1, 0.15) is 0 Å². The first kappa shape index (κ1) is 13.0. The van der Waals surface area contributed by atoms with Gasteiger partial charge in [-0.15, -0.1) is 0 Å². The second-order valence-corrected chi connectivity index (χ2v) is 4.68. The van der Waals surface area contributed by atoms with Crippen LogP contribution in [0.4, 0.5) is 13.2 Å². The highest BCUT2D eigenvalue weighted by molar-refractivity contribution is 5.73. The summed E-state index contributed by atoms with van der Waals surface area (Å²) >= 11 is 0. The third kappa shape index (κ3) is 2.37. The zero-order valence-electron chi connectivity index (χ0n) is 10.3. The van der Waals surface area contributed by atoms with E-state index < -0.39 is 11.7 Å². The second kappa shape index (κ2) is 4.33. The van der Waals surface area contributed by atoms with Crippen LogP contribution >= 0.6 is 0 Å². The molecule has 2 rings (SSSR count). The summed E-state index contributed by atoms with van der Waals surface area (Å²) in [7, 11) is 0. The summed E-state index contributed by atoms with van der Waals surface area (Å²) in [6.45, 7) is 3.30. The van der Waals surface area contributed by atoms with Crippen molar-refractivity contribution in [3.8, 4) is 0 Å². The highest BCUT2D eigenvalue weighted by Crippen LogP contribution is 2.35. The minimum absolute atomic E-state index is 0.0813. The first-order valence-corrected chi connectivity index (χ1v) is 5.82. The van der Waals surface area contributed by atoms with Crippen LogP contribution in [-0.2, 0) is 23.9 Å². The van der Waals surface area contributed by atoms with Crippen LogP contribution in [0, 0.1) is 6.92 Å². The summed E-state index contributed by atoms with van der Waals surface area (Å²) in [5.41, 5.74) is 0.356. The number of nitrogens with one attached hydrogen (secondary N) is 1. The molecule has 0 saturated carbocycles. The van der Waals surface area contributed by atoms with Gasteiger partial charge in [0.15, 0.2) is 0 Å². The molecule has 0 saturated heterocycles. The summed E-state index contributed by atoms with van der Waals surface area (Å²) in [5.74, 6) is -0.149. The van der Waals surface area contributed by atoms with Gasteiger partial charge in [0.05, 0.1) is 5.56 Å². The number of fused-ring (bicyclic) bond motifs is 1. The van der Waals surface area contributed by atoms with Crippen LogP contribution in [0.2, 0.25) is 0 Å². The van der Waals surface area contributed by atoms with E-state index in [-0.39, 0.29) is 17.6 Å². The average Bonchev–Trinajstić information content (AvgIpc) is 2.55. The molecular formula is C12H15F3N2O. The molecule has 2 heterocycles. The lowest BCUT2D eigenvalue weighted by molar-refractivity contribution is -0.138. The van der Waals surface area contributed by atoms with E-state index in [1.807, 2.05) is 0 Å². The number of aromatic nitrogens is 1. The molecule has 0 aliphatic carbocycles. The monoisotopic (exact) mass is 260 g/mol. The fraction of sp³-hybridized carbons (Fsp3) is 0.583. The Hall–Kier alpha value is -1.46. The number of amides is 1. The van der Waals surface area contributed by atoms with Gasteiger partial charge in [0, 0.05) is 30.9 Å². The molecular weight excluding hydrogens is 245 g/mol. The van der Waals surface area contributed by atoms with E-state index in [2.05, 4.69) is 5.32 Å². The van der Waals surface area contributed by atoms with Crippen LogP contribution in [0.25, 0.3) is 0 Å². The molecule has 1 aromatic rings. The van der Waals surface area contributed by atoms with Gasteiger partial charge in [-0.25, -0.2) is 0 Å². The van der Waals surface area contributed by atoms with Crippen molar-refractivity contribution >= 4 is 5.91 Å². The maximum Gasteiger partial charge on any atom is 0.418 e. The van der Waals surface area contributed by atoms with Crippen molar-refractivity contribution in [3.63, 3.8) is 0 Å². The Balaban J connectivity index is 2.27. The van der Waals surface area contributed by atoms with Gasteiger partial charge >= 0.3 is 6.18 Å². The van der Waals surface area contributed by atoms with Gasteiger partial charge in [-0.1, -0.05) is 0 Å². The van der Waals surface area contributed by atoms with Crippen LogP contribution in [-0.4, -0.2) is 16.5 Å². The van der Waals surface area contributed by atoms with Gasteiger partial charge in [0.25, 0.3) is 0 Å². The number of rotatable bonds is 1. The van der Waals surface area contributed by atoms with Crippen LogP contribution < -0.4 is 5.32 Å². The molecule has 0 bridgehead atoms. The standard InChI is InChI=1S/C12H15F3N2O/c1-7-11(12(13,14)15)5-10-4-3-9(6-17(7)10)16-8(2)18/h5,9H,3-4,6H2,1-2H3,(H,16,18). The largest absolute Gasteiger partial charge is 0.418 e. The third-order valence-corrected chi connectivity index (χ3v) is 3.32. The molecule has 0 spiro atoms. The number of hydrogen-bond acceptors (Lipinski definition) is 1. The van der Waals surface area contributed by atoms with Crippen LogP contribution in [0.3, 0.4) is 0 Å². The van der Waals surface area contributed by atoms with E-state index in [4.69, 9.17) is 0 Å². The van der Waals surface area contributed by atoms with Gasteiger partial charge in [-0.3, -0.25) is 4.79 Å². The van der Waals surface area contributed by atoms with Crippen LogP contribution in [0.1, 0.15) is 30.3 Å². The second-order valence-electron chi connectivity index (χ2n) is 4.68. The van der Waals surface area contributed by atoms with Crippen LogP contribution in [0.15, 0.2) is 6.07 Å². The topological polar surface area (TPSA) is 34.0 Å². The SMILES string of the molecule is CC(=O)NC1CCc2cc(C(F)(F)F)c(C)n2C1. The summed E-state index contributed by atoms with van der Waals surface area (Å²) < 4.78 is 39.9. The summed E-state index contributed by atoms with van der Waals surface area (Å²) in [4.78, 5) is 11.0. The third-order valence-electron chi connectivity index (χ3n) is 3.32. The molecule has 0 fully saturated rings. The van der Waals surface area contributed by atoms with E-state index in [1.54, 1.807) is 4.57 Å². The van der Waals surface area contributed by atoms with Gasteiger partial charge in [-0.2, -0.15) is 13.2 Å². The first-order valence-electron chi connectivity index (χ1n) is 5.82. The summed E-state index contributed by atoms with van der Waals surface area (Å²) in [5, 5.41) is 2.76. The molecule has 100 valence electrons. The lowest BCUT2D eigenvalue weighted by Crippen LogP contribution is -2.40. The predicted molar refractivity (Wildman–Crippen MR) is 60.1 cm³/mol. The fourth-order valence-electron chi connectivity index (χ4n) is 2.50. The van der Waals surface area contributed by atoms with Crippen molar-refractivity contribution in [1.29, 1.82) is 0 Å². The van der Waals surface area contributed by atoms with E-state index in [0.717, 1.165) is 0 Å². The maximum absolute atomic E-state index is 12.8. The highest BCUT2D eigenvalue weighted by Gasteiger charge is 2.36. The molecule has 1 amide bonds. The lowest BCUT2D eigenvalue weighted by Gasteiger charge is -2.26. The van der Waals surface area contributed by atoms with Crippen LogP contribution in [0.5, 0.6) is 0 Å². The van der Waals surface area contributed by atoms with Crippen molar-refractivity contribution in [2.45, 2.75) is 45.5 Å². The fourth-order valence-corrected chi connectivity index (χ4v) is 2.50. The molecule has 0 radical (unpaired) electrons. The van der Waals surface area contributed by atoms with Gasteiger partial charge < -0.3 is 9.88 Å². The Bertz CT molecular complexity index is 476. The number of hydrogen-bond donors (Lipinski definition) is 1. The first-order chi connectivity index (χ1) is 8.29. The number of aryl methyl sites for hydroxylation is 1. The normalized spacial score (nSPS) is 19.5. The number of nitrogens with zero attached hydrogens (tertiary/aromatic N) is 1. The Morgan fingerprint density at radius 3 is 2.72 bits per heavy atom. The van der Waals surface area contributed by atoms with E-state index in [9.17, 15) is 18.0 Å². The Labute approximate surface area is 103 Å². The molecule has 1 aromatic heterocycles. The minimum atomic E-state index is -4.31. The van der Waals surface area contributed by atoms with E-state index in [1.165, 1.54) is 19.9 Å². The maximum atomic E-state index is 12.8. The van der Waals surface area contributed by atoms with Gasteiger partial charge in [0.2, 0.25) is 5.91 Å².